The number of hydrogen-bond donors (Lipinski definition) is 2. The Morgan fingerprint density at radius 3 is 3.17 bits per heavy atom. The van der Waals surface area contributed by atoms with Crippen LogP contribution in [0, 0.1) is 5.92 Å². The number of H-pyrrole nitrogens is 1. The van der Waals surface area contributed by atoms with E-state index in [2.05, 4.69) is 19.9 Å². The fourth-order valence-corrected chi connectivity index (χ4v) is 2.36. The van der Waals surface area contributed by atoms with Crippen LogP contribution in [0.3, 0.4) is 0 Å². The Labute approximate surface area is 103 Å². The number of carbonyl (C=O) groups is 1. The van der Waals surface area contributed by atoms with E-state index in [1.54, 1.807) is 6.33 Å². The molecule has 2 aromatic heterocycles. The van der Waals surface area contributed by atoms with Crippen molar-refractivity contribution in [2.75, 3.05) is 18.0 Å². The van der Waals surface area contributed by atoms with E-state index in [-0.39, 0.29) is 5.92 Å². The van der Waals surface area contributed by atoms with Crippen molar-refractivity contribution >= 4 is 23.0 Å². The van der Waals surface area contributed by atoms with Crippen molar-refractivity contribution in [3.63, 3.8) is 0 Å². The number of nitrogens with zero attached hydrogens (tertiary/aromatic N) is 4. The molecule has 2 N–H and O–H groups in total. The van der Waals surface area contributed by atoms with Gasteiger partial charge in [0.1, 0.15) is 11.8 Å². The van der Waals surface area contributed by atoms with Crippen LogP contribution in [0.2, 0.25) is 0 Å². The van der Waals surface area contributed by atoms with Gasteiger partial charge in [-0.25, -0.2) is 15.0 Å². The number of imidazole rings is 1. The van der Waals surface area contributed by atoms with Crippen molar-refractivity contribution in [1.82, 2.24) is 19.9 Å². The minimum absolute atomic E-state index is 0.327. The lowest BCUT2D eigenvalue weighted by Gasteiger charge is -2.31. The quantitative estimate of drug-likeness (QED) is 0.809. The summed E-state index contributed by atoms with van der Waals surface area (Å²) in [4.78, 5) is 28.4. The number of carboxylic acid groups (broad SMARTS) is 1. The zero-order chi connectivity index (χ0) is 12.5. The first-order valence-electron chi connectivity index (χ1n) is 5.87. The molecule has 7 heteroatoms. The Balaban J connectivity index is 1.94. The maximum atomic E-state index is 11.1. The molecule has 7 nitrogen and oxygen atoms in total. The zero-order valence-corrected chi connectivity index (χ0v) is 9.70. The number of aliphatic carboxylic acids is 1. The number of rotatable bonds is 2. The molecule has 3 heterocycles. The Morgan fingerprint density at radius 1 is 1.44 bits per heavy atom. The van der Waals surface area contributed by atoms with Gasteiger partial charge < -0.3 is 15.0 Å². The first kappa shape index (κ1) is 10.9. The molecule has 0 amide bonds. The first-order chi connectivity index (χ1) is 8.75. The number of piperidine rings is 1. The lowest BCUT2D eigenvalue weighted by Crippen LogP contribution is -2.39. The van der Waals surface area contributed by atoms with E-state index in [9.17, 15) is 4.79 Å². The number of aromatic amines is 1. The molecule has 1 aliphatic heterocycles. The molecule has 1 atom stereocenters. The number of fused-ring (bicyclic) bond motifs is 1. The lowest BCUT2D eigenvalue weighted by molar-refractivity contribution is -0.141. The third-order valence-electron chi connectivity index (χ3n) is 3.27. The summed E-state index contributed by atoms with van der Waals surface area (Å²) in [5.41, 5.74) is 1.38. The van der Waals surface area contributed by atoms with Crippen LogP contribution in [0.25, 0.3) is 11.2 Å². The molecule has 1 saturated heterocycles. The summed E-state index contributed by atoms with van der Waals surface area (Å²) >= 11 is 0. The van der Waals surface area contributed by atoms with Crippen molar-refractivity contribution in [3.8, 4) is 0 Å². The average Bonchev–Trinajstić information content (AvgIpc) is 2.87. The molecule has 3 rings (SSSR count). The molecule has 0 spiro atoms. The molecular weight excluding hydrogens is 234 g/mol. The summed E-state index contributed by atoms with van der Waals surface area (Å²) in [6.07, 6.45) is 4.62. The van der Waals surface area contributed by atoms with E-state index in [0.29, 0.717) is 12.2 Å². The van der Waals surface area contributed by atoms with Gasteiger partial charge in [-0.15, -0.1) is 0 Å². The van der Waals surface area contributed by atoms with Crippen LogP contribution < -0.4 is 4.90 Å². The van der Waals surface area contributed by atoms with Crippen LogP contribution in [-0.4, -0.2) is 44.1 Å². The minimum Gasteiger partial charge on any atom is -0.481 e. The van der Waals surface area contributed by atoms with E-state index in [1.807, 2.05) is 4.90 Å². The van der Waals surface area contributed by atoms with Gasteiger partial charge >= 0.3 is 5.97 Å². The van der Waals surface area contributed by atoms with Crippen LogP contribution in [-0.2, 0) is 4.79 Å². The van der Waals surface area contributed by atoms with Crippen molar-refractivity contribution in [2.24, 2.45) is 5.92 Å². The van der Waals surface area contributed by atoms with E-state index < -0.39 is 5.97 Å². The lowest BCUT2D eigenvalue weighted by atomic mass is 9.98. The fraction of sp³-hybridized carbons (Fsp3) is 0.455. The van der Waals surface area contributed by atoms with Gasteiger partial charge in [-0.1, -0.05) is 0 Å². The van der Waals surface area contributed by atoms with E-state index >= 15 is 0 Å². The minimum atomic E-state index is -0.741. The summed E-state index contributed by atoms with van der Waals surface area (Å²) < 4.78 is 0. The van der Waals surface area contributed by atoms with Gasteiger partial charge in [0, 0.05) is 13.1 Å². The molecule has 2 aromatic rings. The third-order valence-corrected chi connectivity index (χ3v) is 3.27. The summed E-state index contributed by atoms with van der Waals surface area (Å²) in [6.45, 7) is 1.30. The highest BCUT2D eigenvalue weighted by molar-refractivity contribution is 5.83. The molecular formula is C11H13N5O2. The van der Waals surface area contributed by atoms with Gasteiger partial charge in [0.25, 0.3) is 0 Å². The maximum absolute atomic E-state index is 11.1. The van der Waals surface area contributed by atoms with Crippen LogP contribution in [0.5, 0.6) is 0 Å². The average molecular weight is 247 g/mol. The molecule has 1 fully saturated rings. The van der Waals surface area contributed by atoms with Crippen molar-refractivity contribution in [3.05, 3.63) is 12.7 Å². The largest absolute Gasteiger partial charge is 0.481 e. The topological polar surface area (TPSA) is 95.0 Å². The normalized spacial score (nSPS) is 20.2. The van der Waals surface area contributed by atoms with Crippen LogP contribution >= 0.6 is 0 Å². The number of nitrogens with one attached hydrogen (secondary N) is 1. The molecule has 0 bridgehead atoms. The Hall–Kier alpha value is -2.18. The monoisotopic (exact) mass is 247 g/mol. The van der Waals surface area contributed by atoms with Gasteiger partial charge in [-0.05, 0) is 12.8 Å². The van der Waals surface area contributed by atoms with Crippen LogP contribution in [0.15, 0.2) is 12.7 Å². The summed E-state index contributed by atoms with van der Waals surface area (Å²) in [5.74, 6) is -0.329. The number of aromatic nitrogens is 4. The highest BCUT2D eigenvalue weighted by atomic mass is 16.4. The van der Waals surface area contributed by atoms with Crippen molar-refractivity contribution in [1.29, 1.82) is 0 Å². The maximum Gasteiger partial charge on any atom is 0.308 e. The molecule has 94 valence electrons. The van der Waals surface area contributed by atoms with E-state index in [4.69, 9.17) is 5.11 Å². The second-order valence-electron chi connectivity index (χ2n) is 4.42. The molecule has 0 radical (unpaired) electrons. The number of carboxylic acids is 1. The highest BCUT2D eigenvalue weighted by Gasteiger charge is 2.27. The Morgan fingerprint density at radius 2 is 2.33 bits per heavy atom. The molecule has 1 unspecified atom stereocenters. The van der Waals surface area contributed by atoms with Gasteiger partial charge in [0.05, 0.1) is 12.2 Å². The highest BCUT2D eigenvalue weighted by Crippen LogP contribution is 2.25. The first-order valence-corrected chi connectivity index (χ1v) is 5.87. The van der Waals surface area contributed by atoms with Crippen molar-refractivity contribution in [2.45, 2.75) is 12.8 Å². The molecule has 0 aliphatic carbocycles. The predicted octanol–water partition coefficient (Wildman–Crippen LogP) is 0.654. The number of anilines is 1. The Bertz CT molecular complexity index is 582. The van der Waals surface area contributed by atoms with E-state index in [1.165, 1.54) is 6.33 Å². The third kappa shape index (κ3) is 1.77. The predicted molar refractivity (Wildman–Crippen MR) is 64.3 cm³/mol. The van der Waals surface area contributed by atoms with Gasteiger partial charge in [0.2, 0.25) is 0 Å². The molecule has 18 heavy (non-hydrogen) atoms. The van der Waals surface area contributed by atoms with Crippen molar-refractivity contribution < 1.29 is 9.90 Å². The van der Waals surface area contributed by atoms with Crippen LogP contribution in [0.4, 0.5) is 5.82 Å². The standard InChI is InChI=1S/C11H13N5O2/c17-11(18)7-2-1-3-16(4-7)10-8-9(13-5-12-8)14-6-15-10/h5-7H,1-4H2,(H,17,18)(H,12,13,14,15). The Kier molecular flexibility index (Phi) is 2.58. The van der Waals surface area contributed by atoms with Gasteiger partial charge in [-0.3, -0.25) is 4.79 Å². The van der Waals surface area contributed by atoms with Gasteiger partial charge in [0.15, 0.2) is 11.5 Å². The SMILES string of the molecule is O=C(O)C1CCCN(c2ncnc3nc[nH]c23)C1. The summed E-state index contributed by atoms with van der Waals surface area (Å²) in [6, 6.07) is 0. The summed E-state index contributed by atoms with van der Waals surface area (Å²) in [5, 5.41) is 9.10. The summed E-state index contributed by atoms with van der Waals surface area (Å²) in [7, 11) is 0. The number of hydrogen-bond acceptors (Lipinski definition) is 5. The second kappa shape index (κ2) is 4.25. The second-order valence-corrected chi connectivity index (χ2v) is 4.42. The zero-order valence-electron chi connectivity index (χ0n) is 9.70. The van der Waals surface area contributed by atoms with Gasteiger partial charge in [-0.2, -0.15) is 0 Å². The smallest absolute Gasteiger partial charge is 0.308 e. The van der Waals surface area contributed by atoms with E-state index in [0.717, 1.165) is 30.7 Å². The molecule has 0 aromatic carbocycles. The molecule has 1 aliphatic rings. The fourth-order valence-electron chi connectivity index (χ4n) is 2.36. The van der Waals surface area contributed by atoms with Crippen LogP contribution in [0.1, 0.15) is 12.8 Å². The molecule has 0 saturated carbocycles.